The zero-order valence-electron chi connectivity index (χ0n) is 12.6. The minimum atomic E-state index is -0.654. The Bertz CT molecular complexity index is 508. The number of hydrogen-bond donors (Lipinski definition) is 1. The molecule has 0 heterocycles. The molecule has 1 atom stereocenters. The molecule has 1 N–H and O–H groups in total. The van der Waals surface area contributed by atoms with Crippen molar-refractivity contribution in [2.75, 3.05) is 0 Å². The molecule has 114 valence electrons. The van der Waals surface area contributed by atoms with Gasteiger partial charge in [0.1, 0.15) is 11.8 Å². The maximum Gasteiger partial charge on any atom is 0.310 e. The molecular weight excluding hydrogens is 270 g/mol. The van der Waals surface area contributed by atoms with Gasteiger partial charge in [-0.25, -0.2) is 0 Å². The van der Waals surface area contributed by atoms with Gasteiger partial charge in [-0.05, 0) is 17.7 Å². The number of hydrogen-bond acceptors (Lipinski definition) is 4. The highest BCUT2D eigenvalue weighted by Crippen LogP contribution is 2.20. The van der Waals surface area contributed by atoms with Gasteiger partial charge < -0.3 is 10.1 Å². The van der Waals surface area contributed by atoms with Crippen molar-refractivity contribution in [1.29, 1.82) is 0 Å². The van der Waals surface area contributed by atoms with Gasteiger partial charge in [0.25, 0.3) is 0 Å². The summed E-state index contributed by atoms with van der Waals surface area (Å²) in [7, 11) is 0. The largest absolute Gasteiger partial charge is 0.427 e. The summed E-state index contributed by atoms with van der Waals surface area (Å²) in [5.74, 6) is -0.128. The highest BCUT2D eigenvalue weighted by Gasteiger charge is 2.20. The molecule has 5 heteroatoms. The lowest BCUT2D eigenvalue weighted by Gasteiger charge is -2.17. The fraction of sp³-hybridized carbons (Fsp3) is 0.438. The maximum atomic E-state index is 12.0. The van der Waals surface area contributed by atoms with E-state index in [1.54, 1.807) is 45.0 Å². The zero-order valence-corrected chi connectivity index (χ0v) is 12.6. The predicted octanol–water partition coefficient (Wildman–Crippen LogP) is 2.55. The lowest BCUT2D eigenvalue weighted by Crippen LogP contribution is -2.33. The number of nitrogens with one attached hydrogen (secondary N) is 1. The molecule has 21 heavy (non-hydrogen) atoms. The molecule has 0 saturated heterocycles. The third kappa shape index (κ3) is 5.02. The zero-order chi connectivity index (χ0) is 15.8. The summed E-state index contributed by atoms with van der Waals surface area (Å²) in [4.78, 5) is 34.7. The maximum absolute atomic E-state index is 12.0. The van der Waals surface area contributed by atoms with E-state index < -0.39 is 6.04 Å². The summed E-state index contributed by atoms with van der Waals surface area (Å²) in [5.41, 5.74) is 0.681. The third-order valence-electron chi connectivity index (χ3n) is 3.03. The van der Waals surface area contributed by atoms with E-state index in [-0.39, 0.29) is 17.7 Å². The number of esters is 1. The average Bonchev–Trinajstić information content (AvgIpc) is 2.52. The highest BCUT2D eigenvalue weighted by molar-refractivity contribution is 5.89. The van der Waals surface area contributed by atoms with Crippen LogP contribution >= 0.6 is 0 Å². The van der Waals surface area contributed by atoms with Crippen LogP contribution in [0.1, 0.15) is 51.6 Å². The Morgan fingerprint density at radius 3 is 2.10 bits per heavy atom. The van der Waals surface area contributed by atoms with Crippen LogP contribution in [0.25, 0.3) is 0 Å². The first-order valence-electron chi connectivity index (χ1n) is 7.14. The molecule has 0 aliphatic heterocycles. The molecule has 0 aliphatic rings. The van der Waals surface area contributed by atoms with Crippen molar-refractivity contribution in [3.05, 3.63) is 29.8 Å². The summed E-state index contributed by atoms with van der Waals surface area (Å²) in [6.07, 6.45) is 0.951. The number of amides is 1. The number of Topliss-reactive ketones (excluding diaryl/α,β-unsaturated/α-hetero) is 1. The van der Waals surface area contributed by atoms with Gasteiger partial charge in [0.05, 0.1) is 0 Å². The number of ether oxygens (including phenoxy) is 1. The normalized spacial score (nSPS) is 11.6. The van der Waals surface area contributed by atoms with Gasteiger partial charge in [-0.3, -0.25) is 14.4 Å². The van der Waals surface area contributed by atoms with Gasteiger partial charge in [-0.15, -0.1) is 0 Å². The Kier molecular flexibility index (Phi) is 6.59. The SMILES string of the molecule is CCC(=O)NC(C(=O)CC)c1ccc(OC(=O)CC)cc1. The Morgan fingerprint density at radius 2 is 1.62 bits per heavy atom. The predicted molar refractivity (Wildman–Crippen MR) is 78.8 cm³/mol. The number of carbonyl (C=O) groups excluding carboxylic acids is 3. The molecule has 0 aliphatic carbocycles. The van der Waals surface area contributed by atoms with Crippen molar-refractivity contribution in [2.45, 2.75) is 46.1 Å². The van der Waals surface area contributed by atoms with Crippen LogP contribution in [-0.2, 0) is 14.4 Å². The second kappa shape index (κ2) is 8.19. The van der Waals surface area contributed by atoms with Crippen molar-refractivity contribution in [3.63, 3.8) is 0 Å². The highest BCUT2D eigenvalue weighted by atomic mass is 16.5. The molecule has 0 fully saturated rings. The van der Waals surface area contributed by atoms with E-state index >= 15 is 0 Å². The molecule has 0 aromatic heterocycles. The van der Waals surface area contributed by atoms with E-state index in [0.717, 1.165) is 0 Å². The lowest BCUT2D eigenvalue weighted by atomic mass is 10.0. The van der Waals surface area contributed by atoms with E-state index in [1.807, 2.05) is 0 Å². The molecule has 0 saturated carbocycles. The summed E-state index contributed by atoms with van der Waals surface area (Å²) in [6.45, 7) is 5.20. The Balaban J connectivity index is 2.90. The van der Waals surface area contributed by atoms with Gasteiger partial charge in [0, 0.05) is 19.3 Å². The van der Waals surface area contributed by atoms with E-state index in [4.69, 9.17) is 4.74 Å². The van der Waals surface area contributed by atoms with E-state index in [2.05, 4.69) is 5.32 Å². The van der Waals surface area contributed by atoms with E-state index in [0.29, 0.717) is 30.6 Å². The topological polar surface area (TPSA) is 72.5 Å². The van der Waals surface area contributed by atoms with E-state index in [9.17, 15) is 14.4 Å². The summed E-state index contributed by atoms with van der Waals surface area (Å²) >= 11 is 0. The Labute approximate surface area is 124 Å². The van der Waals surface area contributed by atoms with Crippen LogP contribution in [0.15, 0.2) is 24.3 Å². The van der Waals surface area contributed by atoms with Crippen molar-refractivity contribution in [2.24, 2.45) is 0 Å². The van der Waals surface area contributed by atoms with Crippen molar-refractivity contribution in [3.8, 4) is 5.75 Å². The standard InChI is InChI=1S/C16H21NO4/c1-4-13(18)16(17-14(19)5-2)11-7-9-12(10-8-11)21-15(20)6-3/h7-10,16H,4-6H2,1-3H3,(H,17,19). The Hall–Kier alpha value is -2.17. The van der Waals surface area contributed by atoms with Crippen LogP contribution in [0.2, 0.25) is 0 Å². The molecular formula is C16H21NO4. The van der Waals surface area contributed by atoms with Gasteiger partial charge >= 0.3 is 5.97 Å². The van der Waals surface area contributed by atoms with Crippen molar-refractivity contribution < 1.29 is 19.1 Å². The molecule has 1 unspecified atom stereocenters. The first-order valence-corrected chi connectivity index (χ1v) is 7.14. The average molecular weight is 291 g/mol. The summed E-state index contributed by atoms with van der Waals surface area (Å²) in [6, 6.07) is 5.96. The number of ketones is 1. The smallest absolute Gasteiger partial charge is 0.310 e. The number of carbonyl (C=O) groups is 3. The molecule has 1 amide bonds. The van der Waals surface area contributed by atoms with Crippen LogP contribution in [0.4, 0.5) is 0 Å². The number of benzene rings is 1. The van der Waals surface area contributed by atoms with Crippen molar-refractivity contribution >= 4 is 17.7 Å². The minimum Gasteiger partial charge on any atom is -0.427 e. The molecule has 5 nitrogen and oxygen atoms in total. The van der Waals surface area contributed by atoms with Gasteiger partial charge in [-0.2, -0.15) is 0 Å². The Morgan fingerprint density at radius 1 is 1.00 bits per heavy atom. The second-order valence-electron chi connectivity index (χ2n) is 4.57. The molecule has 1 rings (SSSR count). The summed E-state index contributed by atoms with van der Waals surface area (Å²) in [5, 5.41) is 2.71. The molecule has 0 radical (unpaired) electrons. The molecule has 1 aromatic rings. The van der Waals surface area contributed by atoms with Crippen LogP contribution in [-0.4, -0.2) is 17.7 Å². The number of rotatable bonds is 7. The fourth-order valence-electron chi connectivity index (χ4n) is 1.75. The first-order chi connectivity index (χ1) is 10.0. The first kappa shape index (κ1) is 16.9. The third-order valence-corrected chi connectivity index (χ3v) is 3.03. The van der Waals surface area contributed by atoms with E-state index in [1.165, 1.54) is 0 Å². The van der Waals surface area contributed by atoms with Gasteiger partial charge in [0.15, 0.2) is 5.78 Å². The molecule has 1 aromatic carbocycles. The lowest BCUT2D eigenvalue weighted by molar-refractivity contribution is -0.134. The monoisotopic (exact) mass is 291 g/mol. The van der Waals surface area contributed by atoms with Crippen LogP contribution in [0.5, 0.6) is 5.75 Å². The van der Waals surface area contributed by atoms with Crippen molar-refractivity contribution in [1.82, 2.24) is 5.32 Å². The van der Waals surface area contributed by atoms with Crippen LogP contribution in [0.3, 0.4) is 0 Å². The molecule has 0 spiro atoms. The van der Waals surface area contributed by atoms with Crippen LogP contribution < -0.4 is 10.1 Å². The molecule has 0 bridgehead atoms. The van der Waals surface area contributed by atoms with Crippen LogP contribution in [0, 0.1) is 0 Å². The van der Waals surface area contributed by atoms with Gasteiger partial charge in [-0.1, -0.05) is 32.9 Å². The van der Waals surface area contributed by atoms with Gasteiger partial charge in [0.2, 0.25) is 5.91 Å². The quantitative estimate of drug-likeness (QED) is 0.619. The summed E-state index contributed by atoms with van der Waals surface area (Å²) < 4.78 is 5.08. The second-order valence-corrected chi connectivity index (χ2v) is 4.57. The minimum absolute atomic E-state index is 0.0601. The fourth-order valence-corrected chi connectivity index (χ4v) is 1.75.